The Morgan fingerprint density at radius 1 is 0.500 bits per heavy atom. The summed E-state index contributed by atoms with van der Waals surface area (Å²) in [6.45, 7) is 6.21. The van der Waals surface area contributed by atoms with Crippen LogP contribution in [0.2, 0.25) is 0 Å². The molecule has 0 bridgehead atoms. The van der Waals surface area contributed by atoms with Gasteiger partial charge in [0, 0.05) is 6.42 Å². The molecule has 0 aliphatic heterocycles. The van der Waals surface area contributed by atoms with Crippen LogP contribution in [0, 0.1) is 0 Å². The van der Waals surface area contributed by atoms with Crippen molar-refractivity contribution in [2.24, 2.45) is 0 Å². The fourth-order valence-electron chi connectivity index (χ4n) is 7.17. The van der Waals surface area contributed by atoms with Gasteiger partial charge in [0.2, 0.25) is 5.91 Å². The Hall–Kier alpha value is -3.22. The topological polar surface area (TPSA) is 95.9 Å². The van der Waals surface area contributed by atoms with Gasteiger partial charge in [-0.05, 0) is 83.5 Å². The van der Waals surface area contributed by atoms with Crippen molar-refractivity contribution >= 4 is 11.9 Å². The van der Waals surface area contributed by atoms with Gasteiger partial charge >= 0.3 is 5.97 Å². The molecule has 354 valence electrons. The molecule has 6 nitrogen and oxygen atoms in total. The van der Waals surface area contributed by atoms with Gasteiger partial charge in [0.15, 0.2) is 0 Å². The number of hydrogen-bond acceptors (Lipinski definition) is 5. The molecule has 0 fully saturated rings. The minimum Gasteiger partial charge on any atom is -0.462 e. The fourth-order valence-corrected chi connectivity index (χ4v) is 7.17. The second-order valence-corrected chi connectivity index (χ2v) is 16.9. The Labute approximate surface area is 382 Å². The van der Waals surface area contributed by atoms with Gasteiger partial charge in [0.25, 0.3) is 0 Å². The van der Waals surface area contributed by atoms with E-state index in [-0.39, 0.29) is 24.9 Å². The van der Waals surface area contributed by atoms with Gasteiger partial charge in [-0.3, -0.25) is 9.59 Å². The van der Waals surface area contributed by atoms with Crippen molar-refractivity contribution in [2.45, 2.75) is 238 Å². The largest absolute Gasteiger partial charge is 0.462 e. The van der Waals surface area contributed by atoms with Crippen molar-refractivity contribution in [3.05, 3.63) is 97.2 Å². The number of hydrogen-bond donors (Lipinski definition) is 3. The van der Waals surface area contributed by atoms with Gasteiger partial charge in [0.05, 0.1) is 25.2 Å². The molecule has 3 atom stereocenters. The van der Waals surface area contributed by atoms with Crippen LogP contribution in [-0.2, 0) is 14.3 Å². The first-order valence-electron chi connectivity index (χ1n) is 25.5. The molecule has 0 rings (SSSR count). The van der Waals surface area contributed by atoms with Crippen molar-refractivity contribution in [2.75, 3.05) is 6.61 Å². The molecule has 0 saturated carbocycles. The normalized spacial score (nSPS) is 14.1. The summed E-state index contributed by atoms with van der Waals surface area (Å²) in [7, 11) is 0. The lowest BCUT2D eigenvalue weighted by molar-refractivity contribution is -0.151. The Morgan fingerprint density at radius 3 is 1.52 bits per heavy atom. The van der Waals surface area contributed by atoms with Crippen LogP contribution in [0.25, 0.3) is 0 Å². The first-order valence-corrected chi connectivity index (χ1v) is 25.5. The van der Waals surface area contributed by atoms with E-state index in [2.05, 4.69) is 123 Å². The Bertz CT molecular complexity index is 1240. The number of aliphatic hydroxyl groups is 2. The second-order valence-electron chi connectivity index (χ2n) is 16.9. The zero-order valence-electron chi connectivity index (χ0n) is 40.2. The van der Waals surface area contributed by atoms with E-state index in [9.17, 15) is 19.8 Å². The number of aliphatic hydroxyl groups excluding tert-OH is 2. The first kappa shape index (κ1) is 58.8. The fraction of sp³-hybridized carbons (Fsp3) is 0.679. The molecule has 0 spiro atoms. The van der Waals surface area contributed by atoms with E-state index in [0.717, 1.165) is 109 Å². The lowest BCUT2D eigenvalue weighted by Gasteiger charge is -2.24. The van der Waals surface area contributed by atoms with Crippen LogP contribution in [0.5, 0.6) is 0 Å². The van der Waals surface area contributed by atoms with E-state index in [4.69, 9.17) is 4.74 Å². The van der Waals surface area contributed by atoms with Crippen LogP contribution < -0.4 is 5.32 Å². The molecule has 0 aromatic carbocycles. The number of esters is 1. The number of carbonyl (C=O) groups is 2. The van der Waals surface area contributed by atoms with Gasteiger partial charge < -0.3 is 20.3 Å². The standard InChI is InChI=1S/C56H95NO5/c1-4-7-10-13-16-19-22-25-26-27-28-31-32-35-38-41-44-47-52(62-56(61)49-46-43-40-37-34-30-24-21-18-15-12-9-6-3)50-55(60)57-53(51-58)54(59)48-45-42-39-36-33-29-23-20-17-14-11-8-5-2/h7,9-10,12,15-16,18-19,21,24-26,28,31,35,38,52-54,58-59H,4-6,8,11,13-14,17,20,22-23,27,29-30,32-34,36-37,39-51H2,1-3H3,(H,57,60)/b10-7-,12-9+,18-15+,19-16-,24-21-,26-25-,31-28-,38-35-. The third kappa shape index (κ3) is 43.4. The van der Waals surface area contributed by atoms with Crippen molar-refractivity contribution in [3.8, 4) is 0 Å². The van der Waals surface area contributed by atoms with Crippen LogP contribution in [0.15, 0.2) is 97.2 Å². The molecule has 0 radical (unpaired) electrons. The number of allylic oxidation sites excluding steroid dienone is 16. The van der Waals surface area contributed by atoms with Crippen LogP contribution >= 0.6 is 0 Å². The van der Waals surface area contributed by atoms with E-state index in [1.807, 2.05) is 0 Å². The number of nitrogens with one attached hydrogen (secondary N) is 1. The van der Waals surface area contributed by atoms with Gasteiger partial charge in [-0.15, -0.1) is 0 Å². The summed E-state index contributed by atoms with van der Waals surface area (Å²) in [5.41, 5.74) is 0. The average molecular weight is 862 g/mol. The minimum absolute atomic E-state index is 0.0248. The molecular formula is C56H95NO5. The molecule has 3 unspecified atom stereocenters. The quantitative estimate of drug-likeness (QED) is 0.0245. The lowest BCUT2D eigenvalue weighted by atomic mass is 10.0. The third-order valence-electron chi connectivity index (χ3n) is 11.0. The molecule has 0 saturated heterocycles. The predicted molar refractivity (Wildman–Crippen MR) is 268 cm³/mol. The third-order valence-corrected chi connectivity index (χ3v) is 11.0. The number of ether oxygens (including phenoxy) is 1. The van der Waals surface area contributed by atoms with E-state index >= 15 is 0 Å². The van der Waals surface area contributed by atoms with E-state index < -0.39 is 18.2 Å². The molecule has 0 heterocycles. The van der Waals surface area contributed by atoms with Gasteiger partial charge in [-0.25, -0.2) is 0 Å². The van der Waals surface area contributed by atoms with Crippen molar-refractivity contribution < 1.29 is 24.5 Å². The SMILES string of the molecule is CC/C=C\C/C=C\C/C=C\C/C=C\C/C=C\CCCC(CC(=O)NC(CO)C(O)CCCCCCCCCCCCCCC)OC(=O)CCCCCCC\C=C/C=C/C=C/CC. The lowest BCUT2D eigenvalue weighted by Crippen LogP contribution is -2.46. The summed E-state index contributed by atoms with van der Waals surface area (Å²) in [6, 6.07) is -0.729. The maximum atomic E-state index is 13.2. The number of rotatable bonds is 44. The summed E-state index contributed by atoms with van der Waals surface area (Å²) in [6.07, 6.45) is 64.7. The average Bonchev–Trinajstić information content (AvgIpc) is 3.26. The highest BCUT2D eigenvalue weighted by atomic mass is 16.5. The van der Waals surface area contributed by atoms with Crippen molar-refractivity contribution in [1.82, 2.24) is 5.32 Å². The van der Waals surface area contributed by atoms with E-state index in [1.165, 1.54) is 64.2 Å². The highest BCUT2D eigenvalue weighted by Gasteiger charge is 2.24. The summed E-state index contributed by atoms with van der Waals surface area (Å²) < 4.78 is 5.89. The Kier molecular flexibility index (Phi) is 46.3. The zero-order valence-corrected chi connectivity index (χ0v) is 40.2. The number of carbonyl (C=O) groups excluding carboxylic acids is 2. The van der Waals surface area contributed by atoms with Crippen LogP contribution in [0.4, 0.5) is 0 Å². The maximum absolute atomic E-state index is 13.2. The van der Waals surface area contributed by atoms with Gasteiger partial charge in [0.1, 0.15) is 6.10 Å². The molecule has 0 aromatic heterocycles. The highest BCUT2D eigenvalue weighted by molar-refractivity contribution is 5.77. The molecular weight excluding hydrogens is 767 g/mol. The summed E-state index contributed by atoms with van der Waals surface area (Å²) >= 11 is 0. The molecule has 3 N–H and O–H groups in total. The molecule has 1 amide bonds. The zero-order chi connectivity index (χ0) is 45.2. The van der Waals surface area contributed by atoms with Gasteiger partial charge in [-0.2, -0.15) is 0 Å². The van der Waals surface area contributed by atoms with E-state index in [1.54, 1.807) is 0 Å². The predicted octanol–water partition coefficient (Wildman–Crippen LogP) is 15.3. The van der Waals surface area contributed by atoms with Crippen LogP contribution in [0.1, 0.15) is 220 Å². The molecule has 0 aliphatic rings. The smallest absolute Gasteiger partial charge is 0.306 e. The second kappa shape index (κ2) is 48.8. The Balaban J connectivity index is 4.75. The summed E-state index contributed by atoms with van der Waals surface area (Å²) in [5, 5.41) is 23.7. The summed E-state index contributed by atoms with van der Waals surface area (Å²) in [5.74, 6) is -0.561. The molecule has 62 heavy (non-hydrogen) atoms. The monoisotopic (exact) mass is 862 g/mol. The summed E-state index contributed by atoms with van der Waals surface area (Å²) in [4.78, 5) is 26.1. The minimum atomic E-state index is -0.811. The van der Waals surface area contributed by atoms with Crippen molar-refractivity contribution in [3.63, 3.8) is 0 Å². The number of unbranched alkanes of at least 4 members (excludes halogenated alkanes) is 18. The molecule has 6 heteroatoms. The maximum Gasteiger partial charge on any atom is 0.306 e. The van der Waals surface area contributed by atoms with Crippen molar-refractivity contribution in [1.29, 1.82) is 0 Å². The Morgan fingerprint density at radius 2 is 0.968 bits per heavy atom. The molecule has 0 aromatic rings. The van der Waals surface area contributed by atoms with Gasteiger partial charge in [-0.1, -0.05) is 221 Å². The highest BCUT2D eigenvalue weighted by Crippen LogP contribution is 2.17. The molecule has 0 aliphatic carbocycles. The van der Waals surface area contributed by atoms with Crippen LogP contribution in [-0.4, -0.2) is 46.9 Å². The van der Waals surface area contributed by atoms with Crippen LogP contribution in [0.3, 0.4) is 0 Å². The number of amides is 1. The van der Waals surface area contributed by atoms with E-state index in [0.29, 0.717) is 19.3 Å². The first-order chi connectivity index (χ1) is 30.5.